The Bertz CT molecular complexity index is 686. The van der Waals surface area contributed by atoms with Crippen LogP contribution in [0.5, 0.6) is 5.75 Å². The molecule has 2 aromatic carbocycles. The summed E-state index contributed by atoms with van der Waals surface area (Å²) in [6, 6.07) is 18.6. The number of ether oxygens (including phenoxy) is 1. The molecule has 27 heavy (non-hydrogen) atoms. The fourth-order valence-corrected chi connectivity index (χ4v) is 2.59. The van der Waals surface area contributed by atoms with Crippen LogP contribution < -0.4 is 15.4 Å². The van der Waals surface area contributed by atoms with E-state index in [-0.39, 0.29) is 0 Å². The zero-order valence-corrected chi connectivity index (χ0v) is 16.7. The summed E-state index contributed by atoms with van der Waals surface area (Å²) in [5, 5.41) is 6.72. The summed E-state index contributed by atoms with van der Waals surface area (Å²) in [6.45, 7) is 5.89. The van der Waals surface area contributed by atoms with Crippen molar-refractivity contribution in [3.05, 3.63) is 65.7 Å². The minimum Gasteiger partial charge on any atom is -0.492 e. The van der Waals surface area contributed by atoms with Gasteiger partial charge in [-0.25, -0.2) is 4.99 Å². The lowest BCUT2D eigenvalue weighted by Crippen LogP contribution is -2.38. The second-order valence-corrected chi connectivity index (χ2v) is 6.62. The first-order chi connectivity index (χ1) is 13.2. The van der Waals surface area contributed by atoms with Gasteiger partial charge in [-0.15, -0.1) is 0 Å². The van der Waals surface area contributed by atoms with Gasteiger partial charge in [0.05, 0.1) is 6.54 Å². The van der Waals surface area contributed by atoms with Crippen LogP contribution in [-0.4, -0.2) is 51.2 Å². The predicted molar refractivity (Wildman–Crippen MR) is 113 cm³/mol. The monoisotopic (exact) mass is 368 g/mol. The average Bonchev–Trinajstić information content (AvgIpc) is 2.67. The first kappa shape index (κ1) is 20.8. The molecule has 0 bridgehead atoms. The molecule has 0 saturated carbocycles. The van der Waals surface area contributed by atoms with Crippen molar-refractivity contribution < 1.29 is 4.74 Å². The summed E-state index contributed by atoms with van der Waals surface area (Å²) in [5.41, 5.74) is 2.41. The lowest BCUT2D eigenvalue weighted by molar-refractivity contribution is 0.259. The van der Waals surface area contributed by atoms with Crippen molar-refractivity contribution in [3.8, 4) is 5.75 Å². The van der Waals surface area contributed by atoms with Gasteiger partial charge in [-0.1, -0.05) is 48.5 Å². The molecule has 0 unspecified atom stereocenters. The number of rotatable bonds is 10. The quantitative estimate of drug-likeness (QED) is 0.500. The number of benzene rings is 2. The normalized spacial score (nSPS) is 11.5. The number of likely N-dealkylation sites (N-methyl/N-ethyl adjacent to an activating group) is 1. The molecular formula is C22H32N4O. The zero-order valence-electron chi connectivity index (χ0n) is 16.7. The molecule has 0 heterocycles. The molecule has 0 aliphatic carbocycles. The molecule has 0 fully saturated rings. The van der Waals surface area contributed by atoms with E-state index in [1.165, 1.54) is 5.56 Å². The number of para-hydroxylation sites is 1. The Morgan fingerprint density at radius 1 is 1.00 bits per heavy atom. The summed E-state index contributed by atoms with van der Waals surface area (Å²) in [7, 11) is 4.09. The van der Waals surface area contributed by atoms with Crippen molar-refractivity contribution in [3.63, 3.8) is 0 Å². The van der Waals surface area contributed by atoms with Gasteiger partial charge in [0, 0.05) is 25.2 Å². The lowest BCUT2D eigenvalue weighted by Gasteiger charge is -2.14. The van der Waals surface area contributed by atoms with Crippen LogP contribution >= 0.6 is 0 Å². The highest BCUT2D eigenvalue weighted by Gasteiger charge is 2.04. The fraction of sp³-hybridized carbons (Fsp3) is 0.409. The van der Waals surface area contributed by atoms with Crippen LogP contribution in [0.3, 0.4) is 0 Å². The maximum absolute atomic E-state index is 5.93. The maximum atomic E-state index is 5.93. The van der Waals surface area contributed by atoms with Gasteiger partial charge in [0.1, 0.15) is 12.4 Å². The second kappa shape index (κ2) is 12.0. The Kier molecular flexibility index (Phi) is 9.21. The molecule has 146 valence electrons. The van der Waals surface area contributed by atoms with E-state index in [0.29, 0.717) is 13.2 Å². The summed E-state index contributed by atoms with van der Waals surface area (Å²) >= 11 is 0. The molecular weight excluding hydrogens is 336 g/mol. The van der Waals surface area contributed by atoms with Crippen LogP contribution in [0.4, 0.5) is 0 Å². The molecule has 2 rings (SSSR count). The number of aliphatic imine (C=N–C) groups is 1. The van der Waals surface area contributed by atoms with E-state index in [1.807, 2.05) is 38.4 Å². The molecule has 5 nitrogen and oxygen atoms in total. The van der Waals surface area contributed by atoms with E-state index in [4.69, 9.17) is 9.73 Å². The molecule has 0 spiro atoms. The summed E-state index contributed by atoms with van der Waals surface area (Å²) in [6.07, 6.45) is 0.968. The highest BCUT2D eigenvalue weighted by atomic mass is 16.5. The van der Waals surface area contributed by atoms with Crippen LogP contribution in [0.15, 0.2) is 59.6 Å². The number of hydrogen-bond acceptors (Lipinski definition) is 3. The number of hydrogen-bond donors (Lipinski definition) is 2. The zero-order chi connectivity index (χ0) is 19.3. The maximum Gasteiger partial charge on any atom is 0.191 e. The standard InChI is InChI=1S/C22H32N4O/c1-4-23-22(24-15-14-19-10-6-5-7-11-19)25-18-20-12-8-9-13-21(20)27-17-16-26(2)3/h5-13H,4,14-18H2,1-3H3,(H2,23,24,25). The highest BCUT2D eigenvalue weighted by molar-refractivity contribution is 5.79. The van der Waals surface area contributed by atoms with Crippen LogP contribution in [0.1, 0.15) is 18.1 Å². The largest absolute Gasteiger partial charge is 0.492 e. The van der Waals surface area contributed by atoms with Crippen molar-refractivity contribution in [2.24, 2.45) is 4.99 Å². The lowest BCUT2D eigenvalue weighted by atomic mass is 10.1. The smallest absolute Gasteiger partial charge is 0.191 e. The number of guanidine groups is 1. The summed E-state index contributed by atoms with van der Waals surface area (Å²) < 4.78 is 5.93. The Morgan fingerprint density at radius 3 is 2.48 bits per heavy atom. The van der Waals surface area contributed by atoms with Gasteiger partial charge in [0.15, 0.2) is 5.96 Å². The minimum atomic E-state index is 0.582. The van der Waals surface area contributed by atoms with Crippen LogP contribution in [0, 0.1) is 0 Å². The molecule has 0 atom stereocenters. The van der Waals surface area contributed by atoms with Crippen molar-refractivity contribution in [2.45, 2.75) is 19.9 Å². The van der Waals surface area contributed by atoms with Crippen LogP contribution in [-0.2, 0) is 13.0 Å². The summed E-state index contributed by atoms with van der Waals surface area (Å²) in [5.74, 6) is 1.74. The molecule has 2 aromatic rings. The third-order valence-electron chi connectivity index (χ3n) is 4.07. The third kappa shape index (κ3) is 8.13. The van der Waals surface area contributed by atoms with E-state index in [9.17, 15) is 0 Å². The topological polar surface area (TPSA) is 48.9 Å². The van der Waals surface area contributed by atoms with Crippen LogP contribution in [0.2, 0.25) is 0 Å². The van der Waals surface area contributed by atoms with E-state index in [1.54, 1.807) is 0 Å². The van der Waals surface area contributed by atoms with Gasteiger partial charge in [-0.05, 0) is 39.1 Å². The molecule has 0 aliphatic heterocycles. The minimum absolute atomic E-state index is 0.582. The van der Waals surface area contributed by atoms with Crippen molar-refractivity contribution in [1.29, 1.82) is 0 Å². The van der Waals surface area contributed by atoms with Gasteiger partial charge in [-0.3, -0.25) is 0 Å². The average molecular weight is 369 g/mol. The van der Waals surface area contributed by atoms with Crippen LogP contribution in [0.25, 0.3) is 0 Å². The third-order valence-corrected chi connectivity index (χ3v) is 4.07. The molecule has 0 radical (unpaired) electrons. The first-order valence-electron chi connectivity index (χ1n) is 9.60. The van der Waals surface area contributed by atoms with E-state index in [2.05, 4.69) is 52.8 Å². The van der Waals surface area contributed by atoms with E-state index >= 15 is 0 Å². The van der Waals surface area contributed by atoms with Gasteiger partial charge in [0.2, 0.25) is 0 Å². The Morgan fingerprint density at radius 2 is 1.74 bits per heavy atom. The Balaban J connectivity index is 1.91. The Hall–Kier alpha value is -2.53. The number of nitrogens with zero attached hydrogens (tertiary/aromatic N) is 2. The molecule has 0 saturated heterocycles. The molecule has 0 aliphatic rings. The molecule has 0 amide bonds. The van der Waals surface area contributed by atoms with Gasteiger partial charge < -0.3 is 20.3 Å². The highest BCUT2D eigenvalue weighted by Crippen LogP contribution is 2.18. The molecule has 5 heteroatoms. The van der Waals surface area contributed by atoms with E-state index in [0.717, 1.165) is 43.3 Å². The van der Waals surface area contributed by atoms with Gasteiger partial charge in [0.25, 0.3) is 0 Å². The molecule has 2 N–H and O–H groups in total. The fourth-order valence-electron chi connectivity index (χ4n) is 2.59. The summed E-state index contributed by atoms with van der Waals surface area (Å²) in [4.78, 5) is 6.83. The Labute approximate surface area is 163 Å². The van der Waals surface area contributed by atoms with Gasteiger partial charge in [-0.2, -0.15) is 0 Å². The van der Waals surface area contributed by atoms with Gasteiger partial charge >= 0.3 is 0 Å². The number of nitrogens with one attached hydrogen (secondary N) is 2. The van der Waals surface area contributed by atoms with E-state index < -0.39 is 0 Å². The van der Waals surface area contributed by atoms with Crippen molar-refractivity contribution in [2.75, 3.05) is 40.3 Å². The van der Waals surface area contributed by atoms with Crippen molar-refractivity contribution >= 4 is 5.96 Å². The molecule has 0 aromatic heterocycles. The van der Waals surface area contributed by atoms with Crippen molar-refractivity contribution in [1.82, 2.24) is 15.5 Å². The second-order valence-electron chi connectivity index (χ2n) is 6.62. The SMILES string of the molecule is CCNC(=NCc1ccccc1OCCN(C)C)NCCc1ccccc1. The first-order valence-corrected chi connectivity index (χ1v) is 9.60. The predicted octanol–water partition coefficient (Wildman–Crippen LogP) is 2.92.